The molecule has 1 aliphatic heterocycles. The number of rotatable bonds is 5. The Morgan fingerprint density at radius 3 is 2.59 bits per heavy atom. The smallest absolute Gasteiger partial charge is 0.311 e. The van der Waals surface area contributed by atoms with Crippen molar-refractivity contribution < 1.29 is 19.1 Å². The van der Waals surface area contributed by atoms with Gasteiger partial charge in [-0.3, -0.25) is 14.4 Å². The molecular weight excluding hydrogens is 344 g/mol. The monoisotopic (exact) mass is 366 g/mol. The lowest BCUT2D eigenvalue weighted by Gasteiger charge is -2.16. The van der Waals surface area contributed by atoms with Crippen LogP contribution in [0.2, 0.25) is 0 Å². The topological polar surface area (TPSA) is 75.7 Å². The van der Waals surface area contributed by atoms with Gasteiger partial charge in [0.15, 0.2) is 6.61 Å². The fraction of sp³-hybridized carbons (Fsp3) is 0.286. The van der Waals surface area contributed by atoms with Crippen LogP contribution in [0, 0.1) is 19.8 Å². The van der Waals surface area contributed by atoms with Gasteiger partial charge < -0.3 is 15.0 Å². The Bertz CT molecular complexity index is 864. The van der Waals surface area contributed by atoms with E-state index in [0.717, 1.165) is 16.8 Å². The summed E-state index contributed by atoms with van der Waals surface area (Å²) in [5.74, 6) is -1.62. The highest BCUT2D eigenvalue weighted by Crippen LogP contribution is 2.25. The highest BCUT2D eigenvalue weighted by Gasteiger charge is 2.36. The molecule has 0 bridgehead atoms. The third kappa shape index (κ3) is 4.53. The number of hydrogen-bond acceptors (Lipinski definition) is 4. The van der Waals surface area contributed by atoms with Crippen LogP contribution in [0.15, 0.2) is 48.5 Å². The van der Waals surface area contributed by atoms with Gasteiger partial charge in [0.05, 0.1) is 5.92 Å². The van der Waals surface area contributed by atoms with E-state index in [4.69, 9.17) is 4.74 Å². The normalized spacial score (nSPS) is 16.3. The second kappa shape index (κ2) is 8.03. The molecule has 0 aliphatic carbocycles. The lowest BCUT2D eigenvalue weighted by molar-refractivity contribution is -0.151. The molecule has 1 N–H and O–H groups in total. The summed E-state index contributed by atoms with van der Waals surface area (Å²) in [6.45, 7) is 3.77. The highest BCUT2D eigenvalue weighted by atomic mass is 16.5. The van der Waals surface area contributed by atoms with Gasteiger partial charge in [-0.25, -0.2) is 0 Å². The molecule has 0 unspecified atom stereocenters. The predicted molar refractivity (Wildman–Crippen MR) is 102 cm³/mol. The Morgan fingerprint density at radius 1 is 1.15 bits per heavy atom. The Labute approximate surface area is 158 Å². The lowest BCUT2D eigenvalue weighted by atomic mass is 10.1. The molecule has 0 radical (unpaired) electrons. The van der Waals surface area contributed by atoms with E-state index in [2.05, 4.69) is 5.32 Å². The first-order valence-electron chi connectivity index (χ1n) is 8.83. The van der Waals surface area contributed by atoms with Crippen LogP contribution in [0.4, 0.5) is 11.4 Å². The first-order valence-corrected chi connectivity index (χ1v) is 8.83. The molecule has 140 valence electrons. The third-order valence-electron chi connectivity index (χ3n) is 4.53. The van der Waals surface area contributed by atoms with Crippen LogP contribution in [-0.2, 0) is 19.1 Å². The molecule has 6 nitrogen and oxygen atoms in total. The van der Waals surface area contributed by atoms with Crippen LogP contribution in [0.5, 0.6) is 0 Å². The van der Waals surface area contributed by atoms with Crippen molar-refractivity contribution in [2.24, 2.45) is 5.92 Å². The van der Waals surface area contributed by atoms with E-state index in [0.29, 0.717) is 5.69 Å². The predicted octanol–water partition coefficient (Wildman–Crippen LogP) is 2.84. The zero-order valence-electron chi connectivity index (χ0n) is 15.4. The number of nitrogens with zero attached hydrogens (tertiary/aromatic N) is 1. The van der Waals surface area contributed by atoms with Gasteiger partial charge in [-0.15, -0.1) is 0 Å². The van der Waals surface area contributed by atoms with Gasteiger partial charge in [0, 0.05) is 24.3 Å². The number of nitrogens with one attached hydrogen (secondary N) is 1. The number of ether oxygens (including phenoxy) is 1. The number of para-hydroxylation sites is 1. The number of hydrogen-bond donors (Lipinski definition) is 1. The quantitative estimate of drug-likeness (QED) is 0.826. The molecule has 1 fully saturated rings. The lowest BCUT2D eigenvalue weighted by Crippen LogP contribution is -2.28. The van der Waals surface area contributed by atoms with Crippen molar-refractivity contribution in [3.63, 3.8) is 0 Å². The van der Waals surface area contributed by atoms with Crippen LogP contribution in [0.25, 0.3) is 0 Å². The molecule has 1 aliphatic rings. The van der Waals surface area contributed by atoms with Crippen molar-refractivity contribution in [3.8, 4) is 0 Å². The van der Waals surface area contributed by atoms with E-state index in [1.54, 1.807) is 4.90 Å². The van der Waals surface area contributed by atoms with Crippen LogP contribution in [0.3, 0.4) is 0 Å². The van der Waals surface area contributed by atoms with Crippen molar-refractivity contribution >= 4 is 29.2 Å². The van der Waals surface area contributed by atoms with E-state index >= 15 is 0 Å². The Hall–Kier alpha value is -3.15. The summed E-state index contributed by atoms with van der Waals surface area (Å²) in [4.78, 5) is 38.1. The minimum Gasteiger partial charge on any atom is -0.455 e. The van der Waals surface area contributed by atoms with Crippen molar-refractivity contribution in [1.29, 1.82) is 0 Å². The minimum absolute atomic E-state index is 0.0897. The second-order valence-corrected chi connectivity index (χ2v) is 6.72. The summed E-state index contributed by atoms with van der Waals surface area (Å²) >= 11 is 0. The van der Waals surface area contributed by atoms with Crippen LogP contribution in [-0.4, -0.2) is 30.9 Å². The molecular formula is C21H22N2O4. The average Bonchev–Trinajstić information content (AvgIpc) is 3.04. The van der Waals surface area contributed by atoms with Crippen LogP contribution >= 0.6 is 0 Å². The highest BCUT2D eigenvalue weighted by molar-refractivity contribution is 6.00. The summed E-state index contributed by atoms with van der Waals surface area (Å²) in [5, 5.41) is 2.73. The molecule has 2 amide bonds. The minimum atomic E-state index is -0.563. The zero-order valence-corrected chi connectivity index (χ0v) is 15.4. The number of benzene rings is 2. The molecule has 1 atom stereocenters. The molecule has 3 rings (SSSR count). The van der Waals surface area contributed by atoms with Gasteiger partial charge in [0.25, 0.3) is 5.91 Å². The van der Waals surface area contributed by atoms with Crippen LogP contribution in [0.1, 0.15) is 17.5 Å². The van der Waals surface area contributed by atoms with Gasteiger partial charge in [0.1, 0.15) is 0 Å². The average molecular weight is 366 g/mol. The molecule has 0 aromatic heterocycles. The molecule has 0 saturated carbocycles. The van der Waals surface area contributed by atoms with E-state index in [-0.39, 0.29) is 25.5 Å². The number of carbonyl (C=O) groups is 3. The summed E-state index contributed by atoms with van der Waals surface area (Å²) in [7, 11) is 0. The maximum atomic E-state index is 12.3. The molecule has 2 aromatic carbocycles. The van der Waals surface area contributed by atoms with Gasteiger partial charge in [0.2, 0.25) is 5.91 Å². The molecule has 0 spiro atoms. The number of aryl methyl sites for hydroxylation is 2. The number of carbonyl (C=O) groups excluding carboxylic acids is 3. The fourth-order valence-corrected chi connectivity index (χ4v) is 3.12. The van der Waals surface area contributed by atoms with Gasteiger partial charge in [-0.1, -0.05) is 35.9 Å². The number of esters is 1. The van der Waals surface area contributed by atoms with Gasteiger partial charge in [-0.2, -0.15) is 0 Å². The molecule has 1 saturated heterocycles. The van der Waals surface area contributed by atoms with E-state index in [1.807, 2.05) is 62.4 Å². The number of anilines is 2. The van der Waals surface area contributed by atoms with Crippen molar-refractivity contribution in [2.45, 2.75) is 20.3 Å². The molecule has 1 heterocycles. The number of amides is 2. The van der Waals surface area contributed by atoms with Crippen molar-refractivity contribution in [3.05, 3.63) is 59.7 Å². The van der Waals surface area contributed by atoms with E-state index in [9.17, 15) is 14.4 Å². The van der Waals surface area contributed by atoms with Gasteiger partial charge in [-0.05, 0) is 37.6 Å². The standard InChI is InChI=1S/C21H22N2O4/c1-14-8-9-18(15(2)10-14)22-19(24)13-27-21(26)16-11-20(25)23(12-16)17-6-4-3-5-7-17/h3-10,16H,11-13H2,1-2H3,(H,22,24)/t16-/m0/s1. The van der Waals surface area contributed by atoms with Crippen LogP contribution < -0.4 is 10.2 Å². The third-order valence-corrected chi connectivity index (χ3v) is 4.53. The largest absolute Gasteiger partial charge is 0.455 e. The van der Waals surface area contributed by atoms with E-state index < -0.39 is 17.8 Å². The molecule has 2 aromatic rings. The summed E-state index contributed by atoms with van der Waals surface area (Å²) in [6.07, 6.45) is 0.0897. The SMILES string of the molecule is Cc1ccc(NC(=O)COC(=O)[C@H]2CC(=O)N(c3ccccc3)C2)c(C)c1. The summed E-state index contributed by atoms with van der Waals surface area (Å²) in [5.41, 5.74) is 3.48. The van der Waals surface area contributed by atoms with Gasteiger partial charge >= 0.3 is 5.97 Å². The second-order valence-electron chi connectivity index (χ2n) is 6.72. The Kier molecular flexibility index (Phi) is 5.54. The molecule has 27 heavy (non-hydrogen) atoms. The molecule has 6 heteroatoms. The maximum Gasteiger partial charge on any atom is 0.311 e. The Morgan fingerprint density at radius 2 is 1.89 bits per heavy atom. The first kappa shape index (κ1) is 18.6. The zero-order chi connectivity index (χ0) is 19.4. The fourth-order valence-electron chi connectivity index (χ4n) is 3.12. The summed E-state index contributed by atoms with van der Waals surface area (Å²) < 4.78 is 5.13. The first-order chi connectivity index (χ1) is 12.9. The maximum absolute atomic E-state index is 12.3. The van der Waals surface area contributed by atoms with Crippen molar-refractivity contribution in [2.75, 3.05) is 23.4 Å². The van der Waals surface area contributed by atoms with E-state index in [1.165, 1.54) is 0 Å². The van der Waals surface area contributed by atoms with Crippen molar-refractivity contribution in [1.82, 2.24) is 0 Å². The summed E-state index contributed by atoms with van der Waals surface area (Å²) in [6, 6.07) is 14.9. The Balaban J connectivity index is 1.52.